The van der Waals surface area contributed by atoms with Gasteiger partial charge >= 0.3 is 0 Å². The van der Waals surface area contributed by atoms with Gasteiger partial charge in [0.25, 0.3) is 0 Å². The highest BCUT2D eigenvalue weighted by atomic mass is 32.2. The predicted molar refractivity (Wildman–Crippen MR) is 66.8 cm³/mol. The molecule has 0 radical (unpaired) electrons. The van der Waals surface area contributed by atoms with E-state index in [2.05, 4.69) is 11.2 Å². The second kappa shape index (κ2) is 4.43. The lowest BCUT2D eigenvalue weighted by atomic mass is 10.2. The molecule has 2 heterocycles. The lowest BCUT2D eigenvalue weighted by Crippen LogP contribution is -2.30. The third kappa shape index (κ3) is 2.16. The van der Waals surface area contributed by atoms with E-state index in [1.54, 1.807) is 6.07 Å². The van der Waals surface area contributed by atoms with Crippen LogP contribution in [0.1, 0.15) is 0 Å². The van der Waals surface area contributed by atoms with Gasteiger partial charge in [-0.1, -0.05) is 17.3 Å². The number of aromatic nitrogens is 1. The monoisotopic (exact) mass is 248 g/mol. The highest BCUT2D eigenvalue weighted by molar-refractivity contribution is 8.00. The number of nitrogen functional groups attached to an aromatic ring is 1. The molecule has 0 spiro atoms. The first kappa shape index (κ1) is 10.7. The zero-order valence-electron chi connectivity index (χ0n) is 9.13. The Labute approximate surface area is 103 Å². The number of anilines is 1. The Hall–Kier alpha value is -1.46. The van der Waals surface area contributed by atoms with Crippen molar-refractivity contribution in [2.45, 2.75) is 10.1 Å². The first-order chi connectivity index (χ1) is 8.33. The Balaban J connectivity index is 1.92. The van der Waals surface area contributed by atoms with E-state index < -0.39 is 0 Å². The van der Waals surface area contributed by atoms with Crippen molar-refractivity contribution in [2.24, 2.45) is 0 Å². The Morgan fingerprint density at radius 2 is 2.12 bits per heavy atom. The number of benzene rings is 1. The zero-order chi connectivity index (χ0) is 11.7. The van der Waals surface area contributed by atoms with Crippen molar-refractivity contribution in [3.63, 3.8) is 0 Å². The molecule has 1 aromatic heterocycles. The number of ether oxygens (including phenoxy) is 1. The first-order valence-electron chi connectivity index (χ1n) is 5.39. The van der Waals surface area contributed by atoms with E-state index in [0.717, 1.165) is 18.8 Å². The SMILES string of the molecule is Nc1cc(-c2ccccc2SC2COC2)on1. The smallest absolute Gasteiger partial charge is 0.170 e. The molecule has 1 aliphatic heterocycles. The molecular weight excluding hydrogens is 236 g/mol. The minimum absolute atomic E-state index is 0.409. The molecule has 3 rings (SSSR count). The minimum Gasteiger partial charge on any atom is -0.381 e. The van der Waals surface area contributed by atoms with Crippen LogP contribution >= 0.6 is 11.8 Å². The molecule has 0 aliphatic carbocycles. The number of rotatable bonds is 3. The van der Waals surface area contributed by atoms with Gasteiger partial charge in [0, 0.05) is 16.5 Å². The van der Waals surface area contributed by atoms with Gasteiger partial charge in [-0.05, 0) is 12.1 Å². The summed E-state index contributed by atoms with van der Waals surface area (Å²) in [7, 11) is 0. The normalized spacial score (nSPS) is 15.8. The fourth-order valence-corrected chi connectivity index (χ4v) is 2.79. The van der Waals surface area contributed by atoms with Gasteiger partial charge in [0.2, 0.25) is 0 Å². The van der Waals surface area contributed by atoms with Crippen LogP contribution in [-0.2, 0) is 4.74 Å². The third-order valence-electron chi connectivity index (χ3n) is 2.58. The number of hydrogen-bond donors (Lipinski definition) is 1. The van der Waals surface area contributed by atoms with Crippen LogP contribution in [-0.4, -0.2) is 23.6 Å². The molecule has 1 fully saturated rings. The highest BCUT2D eigenvalue weighted by Gasteiger charge is 2.21. The lowest BCUT2D eigenvalue weighted by molar-refractivity contribution is 0.0455. The average Bonchev–Trinajstić information content (AvgIpc) is 2.71. The molecule has 0 atom stereocenters. The molecule has 1 aromatic carbocycles. The topological polar surface area (TPSA) is 61.3 Å². The largest absolute Gasteiger partial charge is 0.381 e. The summed E-state index contributed by atoms with van der Waals surface area (Å²) < 4.78 is 10.4. The van der Waals surface area contributed by atoms with Crippen LogP contribution in [0, 0.1) is 0 Å². The Kier molecular flexibility index (Phi) is 2.78. The van der Waals surface area contributed by atoms with Crippen LogP contribution < -0.4 is 5.73 Å². The molecule has 2 aromatic rings. The second-order valence-corrected chi connectivity index (χ2v) is 5.23. The van der Waals surface area contributed by atoms with Gasteiger partial charge in [-0.25, -0.2) is 0 Å². The molecule has 17 heavy (non-hydrogen) atoms. The summed E-state index contributed by atoms with van der Waals surface area (Å²) in [4.78, 5) is 1.18. The predicted octanol–water partition coefficient (Wildman–Crippen LogP) is 2.41. The maximum absolute atomic E-state index is 5.57. The number of nitrogens with two attached hydrogens (primary N) is 1. The first-order valence-corrected chi connectivity index (χ1v) is 6.27. The van der Waals surface area contributed by atoms with E-state index >= 15 is 0 Å². The van der Waals surface area contributed by atoms with E-state index in [1.807, 2.05) is 30.0 Å². The van der Waals surface area contributed by atoms with Crippen molar-refractivity contribution >= 4 is 17.6 Å². The van der Waals surface area contributed by atoms with Gasteiger partial charge in [-0.2, -0.15) is 0 Å². The van der Waals surface area contributed by atoms with Gasteiger partial charge in [0.05, 0.1) is 18.5 Å². The number of thioether (sulfide) groups is 1. The Morgan fingerprint density at radius 1 is 1.29 bits per heavy atom. The second-order valence-electron chi connectivity index (χ2n) is 3.89. The summed E-state index contributed by atoms with van der Waals surface area (Å²) >= 11 is 1.81. The maximum atomic E-state index is 5.57. The van der Waals surface area contributed by atoms with Crippen LogP contribution in [0.2, 0.25) is 0 Å². The van der Waals surface area contributed by atoms with Crippen molar-refractivity contribution in [3.8, 4) is 11.3 Å². The fourth-order valence-electron chi connectivity index (χ4n) is 1.65. The Morgan fingerprint density at radius 3 is 2.76 bits per heavy atom. The molecule has 2 N–H and O–H groups in total. The van der Waals surface area contributed by atoms with Crippen LogP contribution in [0.15, 0.2) is 39.8 Å². The van der Waals surface area contributed by atoms with Gasteiger partial charge in [0.15, 0.2) is 11.6 Å². The molecule has 88 valence electrons. The zero-order valence-corrected chi connectivity index (χ0v) is 9.94. The minimum atomic E-state index is 0.409. The van der Waals surface area contributed by atoms with Crippen molar-refractivity contribution in [1.82, 2.24) is 5.16 Å². The van der Waals surface area contributed by atoms with E-state index in [0.29, 0.717) is 16.8 Å². The quantitative estimate of drug-likeness (QED) is 0.903. The van der Waals surface area contributed by atoms with Gasteiger partial charge in [0.1, 0.15) is 0 Å². The van der Waals surface area contributed by atoms with Crippen LogP contribution in [0.3, 0.4) is 0 Å². The third-order valence-corrected chi connectivity index (χ3v) is 3.80. The summed E-state index contributed by atoms with van der Waals surface area (Å²) in [6, 6.07) is 9.84. The summed E-state index contributed by atoms with van der Waals surface area (Å²) in [5, 5.41) is 4.25. The highest BCUT2D eigenvalue weighted by Crippen LogP contribution is 2.36. The van der Waals surface area contributed by atoms with Crippen molar-refractivity contribution < 1.29 is 9.26 Å². The van der Waals surface area contributed by atoms with Gasteiger partial charge in [-0.3, -0.25) is 0 Å². The molecule has 0 bridgehead atoms. The fraction of sp³-hybridized carbons (Fsp3) is 0.250. The van der Waals surface area contributed by atoms with E-state index in [4.69, 9.17) is 15.0 Å². The van der Waals surface area contributed by atoms with Crippen LogP contribution in [0.25, 0.3) is 11.3 Å². The van der Waals surface area contributed by atoms with Crippen LogP contribution in [0.4, 0.5) is 5.82 Å². The standard InChI is InChI=1S/C12H12N2O2S/c13-12-5-10(16-14-12)9-3-1-2-4-11(9)17-8-6-15-7-8/h1-5,8H,6-7H2,(H2,13,14). The number of nitrogens with zero attached hydrogens (tertiary/aromatic N) is 1. The summed E-state index contributed by atoms with van der Waals surface area (Å²) in [5.74, 6) is 1.12. The lowest BCUT2D eigenvalue weighted by Gasteiger charge is -2.25. The summed E-state index contributed by atoms with van der Waals surface area (Å²) in [5.41, 5.74) is 6.61. The van der Waals surface area contributed by atoms with Crippen molar-refractivity contribution in [1.29, 1.82) is 0 Å². The van der Waals surface area contributed by atoms with Crippen molar-refractivity contribution in [2.75, 3.05) is 18.9 Å². The van der Waals surface area contributed by atoms with Crippen LogP contribution in [0.5, 0.6) is 0 Å². The maximum Gasteiger partial charge on any atom is 0.170 e. The van der Waals surface area contributed by atoms with Crippen molar-refractivity contribution in [3.05, 3.63) is 30.3 Å². The molecule has 5 heteroatoms. The summed E-state index contributed by atoms with van der Waals surface area (Å²) in [6.45, 7) is 1.63. The van der Waals surface area contributed by atoms with E-state index in [-0.39, 0.29) is 0 Å². The molecule has 0 saturated carbocycles. The average molecular weight is 248 g/mol. The Bertz CT molecular complexity index is 523. The molecule has 1 aliphatic rings. The molecular formula is C12H12N2O2S. The van der Waals surface area contributed by atoms with E-state index in [9.17, 15) is 0 Å². The van der Waals surface area contributed by atoms with Gasteiger partial charge < -0.3 is 15.0 Å². The van der Waals surface area contributed by atoms with Gasteiger partial charge in [-0.15, -0.1) is 11.8 Å². The number of hydrogen-bond acceptors (Lipinski definition) is 5. The molecule has 4 nitrogen and oxygen atoms in total. The molecule has 0 amide bonds. The van der Waals surface area contributed by atoms with E-state index in [1.165, 1.54) is 4.90 Å². The molecule has 0 unspecified atom stereocenters. The summed E-state index contributed by atoms with van der Waals surface area (Å²) in [6.07, 6.45) is 0. The molecule has 1 saturated heterocycles.